The zero-order valence-electron chi connectivity index (χ0n) is 17.7. The second kappa shape index (κ2) is 9.16. The topological polar surface area (TPSA) is 54.5 Å². The predicted molar refractivity (Wildman–Crippen MR) is 122 cm³/mol. The van der Waals surface area contributed by atoms with Gasteiger partial charge in [0.05, 0.1) is 0 Å². The molecule has 2 aromatic carbocycles. The van der Waals surface area contributed by atoms with Gasteiger partial charge in [-0.15, -0.1) is 0 Å². The minimum Gasteiger partial charge on any atom is -0.481 e. The van der Waals surface area contributed by atoms with Gasteiger partial charge in [0.15, 0.2) is 6.61 Å². The van der Waals surface area contributed by atoms with Crippen LogP contribution in [-0.2, 0) is 11.2 Å². The Bertz CT molecular complexity index is 1020. The summed E-state index contributed by atoms with van der Waals surface area (Å²) in [5.74, 6) is 1.43. The molecule has 1 atom stereocenters. The fraction of sp³-hybridized carbons (Fsp3) is 0.360. The number of benzene rings is 2. The number of nitrogens with one attached hydrogen (secondary N) is 1. The van der Waals surface area contributed by atoms with Crippen LogP contribution in [0, 0.1) is 0 Å². The van der Waals surface area contributed by atoms with Crippen molar-refractivity contribution in [3.63, 3.8) is 0 Å². The molecule has 0 saturated carbocycles. The van der Waals surface area contributed by atoms with Gasteiger partial charge in [-0.05, 0) is 68.5 Å². The summed E-state index contributed by atoms with van der Waals surface area (Å²) in [7, 11) is 0. The van der Waals surface area contributed by atoms with E-state index in [1.807, 2.05) is 42.5 Å². The highest BCUT2D eigenvalue weighted by Crippen LogP contribution is 2.29. The summed E-state index contributed by atoms with van der Waals surface area (Å²) < 4.78 is 5.87. The van der Waals surface area contributed by atoms with Gasteiger partial charge in [0.1, 0.15) is 17.1 Å². The Kier molecular flexibility index (Phi) is 6.17. The second-order valence-corrected chi connectivity index (χ2v) is 7.92. The van der Waals surface area contributed by atoms with E-state index in [4.69, 9.17) is 9.72 Å². The Balaban J connectivity index is 1.47. The predicted octanol–water partition coefficient (Wildman–Crippen LogP) is 5.19. The fourth-order valence-electron chi connectivity index (χ4n) is 3.99. The number of hydrogen-bond acceptors (Lipinski definition) is 4. The fourth-order valence-corrected chi connectivity index (χ4v) is 3.99. The van der Waals surface area contributed by atoms with Crippen molar-refractivity contribution in [3.8, 4) is 5.75 Å². The number of amides is 1. The van der Waals surface area contributed by atoms with E-state index in [1.54, 1.807) is 0 Å². The zero-order chi connectivity index (χ0) is 20.9. The van der Waals surface area contributed by atoms with Gasteiger partial charge < -0.3 is 15.0 Å². The number of anilines is 2. The first-order chi connectivity index (χ1) is 14.6. The average Bonchev–Trinajstić information content (AvgIpc) is 2.78. The highest BCUT2D eigenvalue weighted by atomic mass is 16.5. The van der Waals surface area contributed by atoms with E-state index in [0.29, 0.717) is 11.8 Å². The van der Waals surface area contributed by atoms with Crippen molar-refractivity contribution in [1.29, 1.82) is 0 Å². The maximum absolute atomic E-state index is 12.4. The van der Waals surface area contributed by atoms with Crippen LogP contribution in [0.5, 0.6) is 5.75 Å². The van der Waals surface area contributed by atoms with Crippen LogP contribution in [-0.4, -0.2) is 30.1 Å². The van der Waals surface area contributed by atoms with Crippen molar-refractivity contribution in [1.82, 2.24) is 4.98 Å². The molecule has 0 radical (unpaired) electrons. The third-order valence-corrected chi connectivity index (χ3v) is 5.77. The lowest BCUT2D eigenvalue weighted by molar-refractivity contribution is -0.118. The van der Waals surface area contributed by atoms with Gasteiger partial charge in [-0.25, -0.2) is 4.98 Å². The Labute approximate surface area is 178 Å². The highest BCUT2D eigenvalue weighted by molar-refractivity contribution is 5.92. The number of rotatable bonds is 6. The van der Waals surface area contributed by atoms with Gasteiger partial charge in [0.2, 0.25) is 0 Å². The highest BCUT2D eigenvalue weighted by Gasteiger charge is 2.20. The number of aromatic nitrogens is 1. The van der Waals surface area contributed by atoms with Crippen LogP contribution in [0.3, 0.4) is 0 Å². The van der Waals surface area contributed by atoms with Crippen molar-refractivity contribution in [3.05, 3.63) is 60.2 Å². The van der Waals surface area contributed by atoms with Gasteiger partial charge >= 0.3 is 0 Å². The molecule has 1 aliphatic heterocycles. The van der Waals surface area contributed by atoms with Gasteiger partial charge in [-0.3, -0.25) is 4.79 Å². The van der Waals surface area contributed by atoms with E-state index in [9.17, 15) is 4.79 Å². The van der Waals surface area contributed by atoms with Gasteiger partial charge in [0.25, 0.3) is 5.91 Å². The minimum absolute atomic E-state index is 0.0549. The molecule has 1 aromatic heterocycles. The Hall–Kier alpha value is -3.08. The van der Waals surface area contributed by atoms with Crippen LogP contribution in [0.2, 0.25) is 0 Å². The quantitative estimate of drug-likeness (QED) is 0.615. The number of carbonyl (C=O) groups excluding carboxylic acids is 1. The number of piperidine rings is 1. The largest absolute Gasteiger partial charge is 0.481 e. The monoisotopic (exact) mass is 403 g/mol. The van der Waals surface area contributed by atoms with Crippen molar-refractivity contribution in [2.45, 2.75) is 45.6 Å². The van der Waals surface area contributed by atoms with Crippen LogP contribution in [0.15, 0.2) is 54.6 Å². The third kappa shape index (κ3) is 4.56. The molecule has 5 nitrogen and oxygen atoms in total. The zero-order valence-corrected chi connectivity index (χ0v) is 17.7. The summed E-state index contributed by atoms with van der Waals surface area (Å²) in [5, 5.41) is 3.90. The molecule has 1 saturated heterocycles. The maximum Gasteiger partial charge on any atom is 0.262 e. The molecular formula is C25H29N3O2. The number of hydrogen-bond donors (Lipinski definition) is 1. The van der Waals surface area contributed by atoms with Crippen LogP contribution < -0.4 is 15.0 Å². The summed E-state index contributed by atoms with van der Waals surface area (Å²) in [6.07, 6.45) is 4.64. The summed E-state index contributed by atoms with van der Waals surface area (Å²) in [6, 6.07) is 18.4. The standard InChI is InChI=1S/C25H29N3O2/c1-3-19-10-13-21(14-11-19)26-24(29)17-30-22-9-6-8-20-12-15-23(27-25(20)22)28-16-5-4-7-18(28)2/h6,8-15,18H,3-5,7,16-17H2,1-2H3,(H,26,29). The number of fused-ring (bicyclic) bond motifs is 1. The normalized spacial score (nSPS) is 16.5. The first kappa shape index (κ1) is 20.2. The van der Waals surface area contributed by atoms with E-state index in [0.717, 1.165) is 35.4 Å². The summed E-state index contributed by atoms with van der Waals surface area (Å²) in [4.78, 5) is 19.6. The minimum atomic E-state index is -0.183. The van der Waals surface area contributed by atoms with E-state index in [-0.39, 0.29) is 12.5 Å². The van der Waals surface area contributed by atoms with Crippen LogP contribution in [0.1, 0.15) is 38.7 Å². The molecule has 0 spiro atoms. The van der Waals surface area contributed by atoms with Crippen LogP contribution in [0.25, 0.3) is 10.9 Å². The molecule has 0 bridgehead atoms. The second-order valence-electron chi connectivity index (χ2n) is 7.92. The molecule has 0 aliphatic carbocycles. The molecule has 30 heavy (non-hydrogen) atoms. The summed E-state index contributed by atoms with van der Waals surface area (Å²) in [6.45, 7) is 5.34. The Morgan fingerprint density at radius 1 is 1.13 bits per heavy atom. The summed E-state index contributed by atoms with van der Waals surface area (Å²) in [5.41, 5.74) is 2.82. The van der Waals surface area contributed by atoms with Gasteiger partial charge in [-0.1, -0.05) is 31.2 Å². The molecular weight excluding hydrogens is 374 g/mol. The molecule has 1 fully saturated rings. The smallest absolute Gasteiger partial charge is 0.262 e. The third-order valence-electron chi connectivity index (χ3n) is 5.77. The van der Waals surface area contributed by atoms with E-state index in [2.05, 4.69) is 36.2 Å². The lowest BCUT2D eigenvalue weighted by Crippen LogP contribution is -2.37. The van der Waals surface area contributed by atoms with Crippen LogP contribution in [0.4, 0.5) is 11.5 Å². The molecule has 5 heteroatoms. The van der Waals surface area contributed by atoms with Crippen molar-refractivity contribution in [2.75, 3.05) is 23.4 Å². The molecule has 2 heterocycles. The first-order valence-electron chi connectivity index (χ1n) is 10.8. The Morgan fingerprint density at radius 3 is 2.73 bits per heavy atom. The molecule has 1 unspecified atom stereocenters. The SMILES string of the molecule is CCc1ccc(NC(=O)COc2cccc3ccc(N4CCCCC4C)nc23)cc1. The Morgan fingerprint density at radius 2 is 1.97 bits per heavy atom. The van der Waals surface area contributed by atoms with Gasteiger partial charge in [0, 0.05) is 23.7 Å². The lowest BCUT2D eigenvalue weighted by atomic mass is 10.0. The molecule has 156 valence electrons. The maximum atomic E-state index is 12.4. The lowest BCUT2D eigenvalue weighted by Gasteiger charge is -2.34. The molecule has 1 N–H and O–H groups in total. The number of pyridine rings is 1. The number of ether oxygens (including phenoxy) is 1. The average molecular weight is 404 g/mol. The van der Waals surface area contributed by atoms with E-state index >= 15 is 0 Å². The molecule has 3 aromatic rings. The number of aryl methyl sites for hydroxylation is 1. The molecule has 1 aliphatic rings. The van der Waals surface area contributed by atoms with E-state index in [1.165, 1.54) is 24.8 Å². The number of nitrogens with zero attached hydrogens (tertiary/aromatic N) is 2. The van der Waals surface area contributed by atoms with Crippen molar-refractivity contribution in [2.24, 2.45) is 0 Å². The number of para-hydroxylation sites is 1. The summed E-state index contributed by atoms with van der Waals surface area (Å²) >= 11 is 0. The first-order valence-corrected chi connectivity index (χ1v) is 10.8. The van der Waals surface area contributed by atoms with Crippen molar-refractivity contribution >= 4 is 28.3 Å². The molecule has 4 rings (SSSR count). The number of carbonyl (C=O) groups is 1. The van der Waals surface area contributed by atoms with E-state index < -0.39 is 0 Å². The van der Waals surface area contributed by atoms with Crippen LogP contribution >= 0.6 is 0 Å². The van der Waals surface area contributed by atoms with Crippen molar-refractivity contribution < 1.29 is 9.53 Å². The van der Waals surface area contributed by atoms with Gasteiger partial charge in [-0.2, -0.15) is 0 Å². The molecule has 1 amide bonds.